The number of ether oxygens (including phenoxy) is 3. The first-order valence-corrected chi connectivity index (χ1v) is 8.01. The first kappa shape index (κ1) is 17.5. The molecule has 0 aliphatic rings. The maximum atomic E-state index is 11.9. The molecule has 0 saturated heterocycles. The number of esters is 1. The van der Waals surface area contributed by atoms with Crippen molar-refractivity contribution in [1.29, 1.82) is 0 Å². The van der Waals surface area contributed by atoms with E-state index >= 15 is 0 Å². The molecule has 3 aromatic rings. The molecule has 6 heteroatoms. The van der Waals surface area contributed by atoms with Gasteiger partial charge in [0.05, 0.1) is 7.11 Å². The van der Waals surface area contributed by atoms with Gasteiger partial charge in [0.1, 0.15) is 23.7 Å². The van der Waals surface area contributed by atoms with E-state index in [0.717, 1.165) is 5.56 Å². The first-order chi connectivity index (χ1) is 12.5. The highest BCUT2D eigenvalue weighted by Gasteiger charge is 2.10. The summed E-state index contributed by atoms with van der Waals surface area (Å²) < 4.78 is 20.9. The second kappa shape index (κ2) is 7.74. The minimum Gasteiger partial charge on any atom is -0.497 e. The normalized spacial score (nSPS) is 10.5. The van der Waals surface area contributed by atoms with E-state index in [2.05, 4.69) is 0 Å². The van der Waals surface area contributed by atoms with E-state index in [0.29, 0.717) is 28.0 Å². The van der Waals surface area contributed by atoms with E-state index in [9.17, 15) is 9.59 Å². The van der Waals surface area contributed by atoms with Crippen LogP contribution < -0.4 is 15.1 Å². The Kier molecular flexibility index (Phi) is 5.22. The topological polar surface area (TPSA) is 75.0 Å². The predicted molar refractivity (Wildman–Crippen MR) is 95.5 cm³/mol. The molecule has 134 valence electrons. The Bertz CT molecular complexity index is 989. The van der Waals surface area contributed by atoms with Crippen molar-refractivity contribution >= 4 is 16.9 Å². The quantitative estimate of drug-likeness (QED) is 0.500. The fraction of sp³-hybridized carbons (Fsp3) is 0.200. The van der Waals surface area contributed by atoms with Crippen molar-refractivity contribution in [1.82, 2.24) is 0 Å². The second-order valence-corrected chi connectivity index (χ2v) is 5.72. The molecule has 2 aromatic carbocycles. The van der Waals surface area contributed by atoms with Gasteiger partial charge in [-0.3, -0.25) is 0 Å². The molecule has 0 aliphatic heterocycles. The Morgan fingerprint density at radius 2 is 1.92 bits per heavy atom. The lowest BCUT2D eigenvalue weighted by Gasteiger charge is -2.09. The maximum Gasteiger partial charge on any atom is 0.344 e. The molecule has 1 aromatic heterocycles. The van der Waals surface area contributed by atoms with Crippen LogP contribution in [0.1, 0.15) is 11.1 Å². The largest absolute Gasteiger partial charge is 0.497 e. The molecule has 0 radical (unpaired) electrons. The van der Waals surface area contributed by atoms with Crippen LogP contribution in [0.5, 0.6) is 11.5 Å². The molecule has 0 amide bonds. The number of carbonyl (C=O) groups is 1. The van der Waals surface area contributed by atoms with Crippen LogP contribution in [-0.2, 0) is 16.1 Å². The lowest BCUT2D eigenvalue weighted by molar-refractivity contribution is -0.147. The van der Waals surface area contributed by atoms with Crippen LogP contribution in [0.4, 0.5) is 0 Å². The average molecular weight is 354 g/mol. The lowest BCUT2D eigenvalue weighted by Crippen LogP contribution is -2.15. The number of benzene rings is 2. The highest BCUT2D eigenvalue weighted by atomic mass is 16.6. The fourth-order valence-electron chi connectivity index (χ4n) is 2.50. The molecule has 3 rings (SSSR count). The minimum absolute atomic E-state index is 0.0512. The zero-order chi connectivity index (χ0) is 18.5. The first-order valence-electron chi connectivity index (χ1n) is 8.01. The molecule has 6 nitrogen and oxygen atoms in total. The van der Waals surface area contributed by atoms with Crippen LogP contribution in [0.15, 0.2) is 57.7 Å². The monoisotopic (exact) mass is 354 g/mol. The van der Waals surface area contributed by atoms with E-state index in [1.165, 1.54) is 13.2 Å². The molecule has 0 saturated carbocycles. The van der Waals surface area contributed by atoms with Gasteiger partial charge in [-0.2, -0.15) is 0 Å². The van der Waals surface area contributed by atoms with Gasteiger partial charge < -0.3 is 18.6 Å². The van der Waals surface area contributed by atoms with Crippen LogP contribution in [0, 0.1) is 6.92 Å². The van der Waals surface area contributed by atoms with Gasteiger partial charge in [0.2, 0.25) is 0 Å². The van der Waals surface area contributed by atoms with Crippen LogP contribution in [0.25, 0.3) is 11.0 Å². The summed E-state index contributed by atoms with van der Waals surface area (Å²) >= 11 is 0. The zero-order valence-electron chi connectivity index (χ0n) is 14.5. The predicted octanol–water partition coefficient (Wildman–Crippen LogP) is 3.23. The fourth-order valence-corrected chi connectivity index (χ4v) is 2.50. The summed E-state index contributed by atoms with van der Waals surface area (Å²) in [5, 5.41) is 0.679. The Morgan fingerprint density at radius 3 is 2.69 bits per heavy atom. The molecule has 26 heavy (non-hydrogen) atoms. The maximum absolute atomic E-state index is 11.9. The molecule has 1 heterocycles. The molecule has 0 bridgehead atoms. The molecule has 0 fully saturated rings. The number of hydrogen-bond acceptors (Lipinski definition) is 6. The van der Waals surface area contributed by atoms with E-state index in [1.54, 1.807) is 24.3 Å². The Morgan fingerprint density at radius 1 is 1.08 bits per heavy atom. The molecule has 0 spiro atoms. The Hall–Kier alpha value is -3.28. The van der Waals surface area contributed by atoms with Crippen molar-refractivity contribution in [2.45, 2.75) is 13.5 Å². The van der Waals surface area contributed by atoms with Gasteiger partial charge in [0.25, 0.3) is 0 Å². The Labute approximate surface area is 149 Å². The number of fused-ring (bicyclic) bond motifs is 1. The van der Waals surface area contributed by atoms with Gasteiger partial charge >= 0.3 is 11.6 Å². The number of aryl methyl sites for hydroxylation is 1. The van der Waals surface area contributed by atoms with Gasteiger partial charge in [-0.15, -0.1) is 0 Å². The van der Waals surface area contributed by atoms with E-state index in [-0.39, 0.29) is 13.2 Å². The van der Waals surface area contributed by atoms with Gasteiger partial charge in [-0.1, -0.05) is 12.1 Å². The zero-order valence-corrected chi connectivity index (χ0v) is 14.5. The summed E-state index contributed by atoms with van der Waals surface area (Å²) in [7, 11) is 1.53. The van der Waals surface area contributed by atoms with Crippen molar-refractivity contribution in [3.05, 3.63) is 70.1 Å². The lowest BCUT2D eigenvalue weighted by atomic mass is 10.1. The van der Waals surface area contributed by atoms with Crippen LogP contribution in [0.2, 0.25) is 0 Å². The van der Waals surface area contributed by atoms with Crippen molar-refractivity contribution in [2.24, 2.45) is 0 Å². The molecular formula is C20H18O6. The second-order valence-electron chi connectivity index (χ2n) is 5.72. The standard InChI is InChI=1S/C20H18O6/c1-13-4-3-5-16(8-13)24-12-20(22)25-11-14-9-19(21)26-18-10-15(23-2)6-7-17(14)18/h3-10H,11-12H2,1-2H3. The summed E-state index contributed by atoms with van der Waals surface area (Å²) in [5.41, 5.74) is 1.45. The number of carbonyl (C=O) groups excluding carboxylic acids is 1. The minimum atomic E-state index is -0.526. The third-order valence-corrected chi connectivity index (χ3v) is 3.77. The summed E-state index contributed by atoms with van der Waals surface area (Å²) in [6, 6.07) is 13.8. The van der Waals surface area contributed by atoms with Crippen molar-refractivity contribution in [2.75, 3.05) is 13.7 Å². The summed E-state index contributed by atoms with van der Waals surface area (Å²) in [5.74, 6) is 0.641. The van der Waals surface area contributed by atoms with Gasteiger partial charge in [0, 0.05) is 23.1 Å². The Balaban J connectivity index is 1.67. The molecule has 0 unspecified atom stereocenters. The van der Waals surface area contributed by atoms with E-state index in [4.69, 9.17) is 18.6 Å². The smallest absolute Gasteiger partial charge is 0.344 e. The molecular weight excluding hydrogens is 336 g/mol. The number of methoxy groups -OCH3 is 1. The summed E-state index contributed by atoms with van der Waals surface area (Å²) in [4.78, 5) is 23.6. The van der Waals surface area contributed by atoms with Crippen LogP contribution in [-0.4, -0.2) is 19.7 Å². The summed E-state index contributed by atoms with van der Waals surface area (Å²) in [6.45, 7) is 1.67. The van der Waals surface area contributed by atoms with Crippen LogP contribution >= 0.6 is 0 Å². The van der Waals surface area contributed by atoms with Crippen molar-refractivity contribution < 1.29 is 23.4 Å². The van der Waals surface area contributed by atoms with Crippen molar-refractivity contribution in [3.63, 3.8) is 0 Å². The van der Waals surface area contributed by atoms with Gasteiger partial charge in [-0.05, 0) is 36.8 Å². The number of rotatable bonds is 6. The third kappa shape index (κ3) is 4.22. The SMILES string of the molecule is COc1ccc2c(COC(=O)COc3cccc(C)c3)cc(=O)oc2c1. The molecule has 0 atom stereocenters. The number of hydrogen-bond donors (Lipinski definition) is 0. The van der Waals surface area contributed by atoms with Crippen LogP contribution in [0.3, 0.4) is 0 Å². The van der Waals surface area contributed by atoms with Gasteiger partial charge in [0.15, 0.2) is 6.61 Å². The van der Waals surface area contributed by atoms with Crippen molar-refractivity contribution in [3.8, 4) is 11.5 Å². The molecule has 0 N–H and O–H groups in total. The molecule has 0 aliphatic carbocycles. The average Bonchev–Trinajstić information content (AvgIpc) is 2.63. The highest BCUT2D eigenvalue weighted by molar-refractivity contribution is 5.81. The van der Waals surface area contributed by atoms with E-state index in [1.807, 2.05) is 25.1 Å². The summed E-state index contributed by atoms with van der Waals surface area (Å²) in [6.07, 6.45) is 0. The third-order valence-electron chi connectivity index (χ3n) is 3.77. The highest BCUT2D eigenvalue weighted by Crippen LogP contribution is 2.23. The van der Waals surface area contributed by atoms with Gasteiger partial charge in [-0.25, -0.2) is 9.59 Å². The van der Waals surface area contributed by atoms with E-state index < -0.39 is 11.6 Å².